The first kappa shape index (κ1) is 38.1. The number of amides is 6. The number of nitrogens with one attached hydrogen (secondary N) is 3. The van der Waals surface area contributed by atoms with Gasteiger partial charge in [0.2, 0.25) is 5.91 Å². The molecule has 21 heteroatoms. The maximum absolute atomic E-state index is 14.6. The first-order chi connectivity index (χ1) is 25.1. The lowest BCUT2D eigenvalue weighted by Crippen LogP contribution is -2.60. The summed E-state index contributed by atoms with van der Waals surface area (Å²) in [5, 5.41) is 55.7. The van der Waals surface area contributed by atoms with E-state index in [0.717, 1.165) is 17.0 Å². The summed E-state index contributed by atoms with van der Waals surface area (Å²) < 4.78 is 34.0. The van der Waals surface area contributed by atoms with Gasteiger partial charge in [-0.25, -0.2) is 18.4 Å². The smallest absolute Gasteiger partial charge is 0.534 e. The minimum atomic E-state index is -2.06. The molecule has 1 saturated heterocycles. The van der Waals surface area contributed by atoms with E-state index in [4.69, 9.17) is 16.3 Å². The van der Waals surface area contributed by atoms with Gasteiger partial charge in [0, 0.05) is 37.3 Å². The average molecular weight is 760 g/mol. The maximum atomic E-state index is 14.6. The van der Waals surface area contributed by atoms with Crippen LogP contribution >= 0.6 is 11.6 Å². The number of carbonyl (C=O) groups is 6. The molecule has 278 valence electrons. The number of piperazine rings is 1. The Hall–Kier alpha value is -6.15. The Kier molecular flexibility index (Phi) is 11.2. The third-order valence-electron chi connectivity index (χ3n) is 8.36. The fraction of sp³-hybridized carbons (Fsp3) is 0.250. The fourth-order valence-corrected chi connectivity index (χ4v) is 5.86. The number of fused-ring (bicyclic) bond motifs is 1. The lowest BCUT2D eigenvalue weighted by molar-refractivity contribution is -0.153. The first-order valence-electron chi connectivity index (χ1n) is 15.7. The molecule has 2 atom stereocenters. The van der Waals surface area contributed by atoms with Crippen LogP contribution in [0, 0.1) is 11.6 Å². The molecule has 5 rings (SSSR count). The van der Waals surface area contributed by atoms with E-state index in [-0.39, 0.29) is 55.9 Å². The molecule has 3 aromatic rings. The third-order valence-corrected chi connectivity index (χ3v) is 8.76. The Bertz CT molecular complexity index is 2010. The number of benzene rings is 3. The number of hydrogen-bond acceptors (Lipinski definition) is 11. The lowest BCUT2D eigenvalue weighted by atomic mass is 9.72. The second kappa shape index (κ2) is 15.6. The number of phenols is 3. The molecule has 0 saturated carbocycles. The van der Waals surface area contributed by atoms with E-state index in [1.54, 1.807) is 0 Å². The van der Waals surface area contributed by atoms with Gasteiger partial charge in [-0.1, -0.05) is 17.7 Å². The number of rotatable bonds is 10. The van der Waals surface area contributed by atoms with Gasteiger partial charge >= 0.3 is 30.9 Å². The van der Waals surface area contributed by atoms with Crippen LogP contribution in [0.5, 0.6) is 23.0 Å². The molecule has 0 aromatic heterocycles. The van der Waals surface area contributed by atoms with Crippen molar-refractivity contribution in [1.82, 2.24) is 25.8 Å². The summed E-state index contributed by atoms with van der Waals surface area (Å²) in [5.74, 6) is -12.8. The lowest BCUT2D eigenvalue weighted by Gasteiger charge is -2.34. The number of nitrogens with zero attached hydrogens (tertiary/aromatic N) is 2. The van der Waals surface area contributed by atoms with Crippen molar-refractivity contribution < 1.29 is 67.7 Å². The molecule has 2 aliphatic rings. The number of carbonyl (C=O) groups excluding carboxylic acids is 5. The second-order valence-electron chi connectivity index (χ2n) is 11.8. The number of imide groups is 1. The van der Waals surface area contributed by atoms with Crippen molar-refractivity contribution in [3.05, 3.63) is 81.4 Å². The SMILES string of the molecule is O=C(NCCCN1CCN(C(=O)NC(C(=O)N[C@H]2Cc3ccc(F)c(C(=O)O)c3OB2O)c2cc(F)c(O)c(O)c2Cl)C(=O)C1=O)c1ccc(O)cc1. The number of halogens is 3. The zero-order valence-electron chi connectivity index (χ0n) is 27.1. The molecule has 2 heterocycles. The standard InChI is InChI=1S/C32H29BClF2N5O12/c34-22-17(13-19(36)24(43)25(22)44)23(28(46)38-20-12-15-4-7-18(35)21(31(49)50)26(15)53-33(20)52)39-32(51)41-11-10-40(29(47)30(41)48)9-1-8-37-27(45)14-2-5-16(42)6-3-14/h2-7,13,20,23,42-44,52H,1,8-12H2,(H,37,45)(H,38,46)(H,39,51)(H,49,50)/t20-,23?/m0/s1. The Morgan fingerprint density at radius 2 is 1.68 bits per heavy atom. The zero-order chi connectivity index (χ0) is 38.7. The van der Waals surface area contributed by atoms with Crippen LogP contribution in [0.4, 0.5) is 13.6 Å². The van der Waals surface area contributed by atoms with Crippen LogP contribution in [0.1, 0.15) is 44.3 Å². The molecule has 1 fully saturated rings. The summed E-state index contributed by atoms with van der Waals surface area (Å²) in [6.07, 6.45) is -0.110. The number of carboxylic acids is 1. The van der Waals surface area contributed by atoms with E-state index >= 15 is 0 Å². The van der Waals surface area contributed by atoms with Crippen LogP contribution in [0.3, 0.4) is 0 Å². The van der Waals surface area contributed by atoms with Crippen molar-refractivity contribution >= 4 is 54.3 Å². The van der Waals surface area contributed by atoms with E-state index in [2.05, 4.69) is 16.0 Å². The number of aromatic carboxylic acids is 1. The number of hydrogen-bond donors (Lipinski definition) is 8. The van der Waals surface area contributed by atoms with Crippen LogP contribution < -0.4 is 20.6 Å². The summed E-state index contributed by atoms with van der Waals surface area (Å²) in [6, 6.07) is 4.60. The summed E-state index contributed by atoms with van der Waals surface area (Å²) in [7, 11) is -1.98. The van der Waals surface area contributed by atoms with Gasteiger partial charge in [0.25, 0.3) is 5.91 Å². The van der Waals surface area contributed by atoms with Gasteiger partial charge in [0.05, 0.1) is 11.0 Å². The van der Waals surface area contributed by atoms with E-state index in [1.807, 2.05) is 0 Å². The normalized spacial score (nSPS) is 16.0. The molecule has 0 aliphatic carbocycles. The molecule has 8 N–H and O–H groups in total. The van der Waals surface area contributed by atoms with Gasteiger partial charge in [-0.2, -0.15) is 0 Å². The highest BCUT2D eigenvalue weighted by molar-refractivity contribution is 6.47. The van der Waals surface area contributed by atoms with Gasteiger partial charge < -0.3 is 51.0 Å². The van der Waals surface area contributed by atoms with Crippen molar-refractivity contribution in [1.29, 1.82) is 0 Å². The van der Waals surface area contributed by atoms with Gasteiger partial charge in [0.1, 0.15) is 28.9 Å². The number of urea groups is 1. The molecule has 6 amide bonds. The molecule has 0 spiro atoms. The van der Waals surface area contributed by atoms with Crippen molar-refractivity contribution in [3.8, 4) is 23.0 Å². The van der Waals surface area contributed by atoms with E-state index < -0.39 is 99.8 Å². The Labute approximate surface area is 302 Å². The summed E-state index contributed by atoms with van der Waals surface area (Å²) in [4.78, 5) is 78.5. The predicted molar refractivity (Wildman–Crippen MR) is 177 cm³/mol. The predicted octanol–water partition coefficient (Wildman–Crippen LogP) is 0.814. The topological polar surface area (TPSA) is 255 Å². The van der Waals surface area contributed by atoms with Gasteiger partial charge in [-0.15, -0.1) is 0 Å². The number of carboxylic acid groups (broad SMARTS) is 1. The van der Waals surface area contributed by atoms with E-state index in [1.165, 1.54) is 24.3 Å². The highest BCUT2D eigenvalue weighted by atomic mass is 35.5. The Morgan fingerprint density at radius 3 is 2.36 bits per heavy atom. The fourth-order valence-electron chi connectivity index (χ4n) is 5.61. The molecule has 0 bridgehead atoms. The summed E-state index contributed by atoms with van der Waals surface area (Å²) in [5.41, 5.74) is -1.14. The minimum Gasteiger partial charge on any atom is -0.534 e. The third kappa shape index (κ3) is 8.02. The minimum absolute atomic E-state index is 0.0120. The van der Waals surface area contributed by atoms with Crippen LogP contribution in [-0.4, -0.2) is 110 Å². The van der Waals surface area contributed by atoms with Crippen molar-refractivity contribution in [3.63, 3.8) is 0 Å². The first-order valence-corrected chi connectivity index (χ1v) is 16.0. The van der Waals surface area contributed by atoms with Crippen molar-refractivity contribution in [2.75, 3.05) is 26.2 Å². The van der Waals surface area contributed by atoms with Gasteiger partial charge in [-0.05, 0) is 54.8 Å². The Balaban J connectivity index is 1.28. The molecule has 2 aliphatic heterocycles. The summed E-state index contributed by atoms with van der Waals surface area (Å²) >= 11 is 6.12. The average Bonchev–Trinajstić information content (AvgIpc) is 3.11. The number of phenolic OH excluding ortho intramolecular Hbond substituents is 3. The molecule has 0 radical (unpaired) electrons. The highest BCUT2D eigenvalue weighted by Gasteiger charge is 2.42. The molecular weight excluding hydrogens is 731 g/mol. The van der Waals surface area contributed by atoms with Crippen LogP contribution in [-0.2, 0) is 20.8 Å². The molecular formula is C32H29BClF2N5O12. The van der Waals surface area contributed by atoms with Gasteiger partial charge in [-0.3, -0.25) is 24.1 Å². The Morgan fingerprint density at radius 1 is 0.981 bits per heavy atom. The molecule has 1 unspecified atom stereocenters. The molecule has 17 nitrogen and oxygen atoms in total. The van der Waals surface area contributed by atoms with Gasteiger partial charge in [0.15, 0.2) is 17.3 Å². The zero-order valence-corrected chi connectivity index (χ0v) is 27.9. The van der Waals surface area contributed by atoms with Crippen molar-refractivity contribution in [2.45, 2.75) is 24.8 Å². The van der Waals surface area contributed by atoms with Crippen molar-refractivity contribution in [2.24, 2.45) is 0 Å². The molecule has 3 aromatic carbocycles. The highest BCUT2D eigenvalue weighted by Crippen LogP contribution is 2.40. The van der Waals surface area contributed by atoms with Crippen LogP contribution in [0.2, 0.25) is 5.02 Å². The van der Waals surface area contributed by atoms with E-state index in [9.17, 15) is 63.0 Å². The monoisotopic (exact) mass is 759 g/mol. The summed E-state index contributed by atoms with van der Waals surface area (Å²) in [6.45, 7) is -0.403. The second-order valence-corrected chi connectivity index (χ2v) is 12.2. The molecule has 53 heavy (non-hydrogen) atoms. The van der Waals surface area contributed by atoms with E-state index in [0.29, 0.717) is 11.0 Å². The largest absolute Gasteiger partial charge is 0.547 e. The van der Waals surface area contributed by atoms with Crippen LogP contribution in [0.25, 0.3) is 0 Å². The quantitative estimate of drug-likeness (QED) is 0.0619. The maximum Gasteiger partial charge on any atom is 0.547 e. The van der Waals surface area contributed by atoms with Crippen LogP contribution in [0.15, 0.2) is 42.5 Å². The number of aromatic hydroxyl groups is 3.